The molecule has 3 nitrogen and oxygen atoms in total. The van der Waals surface area contributed by atoms with Crippen molar-refractivity contribution in [3.63, 3.8) is 0 Å². The largest absolute Gasteiger partial charge is 0.331 e. The van der Waals surface area contributed by atoms with Crippen molar-refractivity contribution in [1.29, 1.82) is 0 Å². The zero-order valence-electron chi connectivity index (χ0n) is 11.0. The van der Waals surface area contributed by atoms with E-state index in [1.165, 1.54) is 0 Å². The van der Waals surface area contributed by atoms with E-state index in [2.05, 4.69) is 5.92 Å². The topological polar surface area (TPSA) is 46.3 Å². The summed E-state index contributed by atoms with van der Waals surface area (Å²) in [6.07, 6.45) is 5.51. The van der Waals surface area contributed by atoms with Crippen molar-refractivity contribution in [2.24, 2.45) is 5.73 Å². The fourth-order valence-electron chi connectivity index (χ4n) is 1.84. The standard InChI is InChI=1S/C15H16N2OS2/c1-2-5-14(16)15(18)17(10-12-6-3-8-19-12)11-13-7-4-9-20-13/h1,3-4,6-9,14H,5,10-11,16H2. The molecule has 2 heterocycles. The molecule has 0 saturated heterocycles. The summed E-state index contributed by atoms with van der Waals surface area (Å²) in [4.78, 5) is 16.5. The Morgan fingerprint density at radius 3 is 2.20 bits per heavy atom. The predicted octanol–water partition coefficient (Wildman–Crippen LogP) is 2.69. The molecule has 5 heteroatoms. The molecule has 0 aliphatic rings. The first-order valence-electron chi connectivity index (χ1n) is 6.23. The second-order valence-corrected chi connectivity index (χ2v) is 6.43. The second kappa shape index (κ2) is 7.25. The van der Waals surface area contributed by atoms with Gasteiger partial charge in [0.2, 0.25) is 5.91 Å². The summed E-state index contributed by atoms with van der Waals surface area (Å²) in [6.45, 7) is 1.15. The van der Waals surface area contributed by atoms with Crippen molar-refractivity contribution in [3.05, 3.63) is 44.8 Å². The van der Waals surface area contributed by atoms with Gasteiger partial charge in [-0.1, -0.05) is 12.1 Å². The summed E-state index contributed by atoms with van der Waals surface area (Å²) in [5.41, 5.74) is 5.86. The lowest BCUT2D eigenvalue weighted by atomic mass is 10.2. The van der Waals surface area contributed by atoms with Crippen LogP contribution in [0.25, 0.3) is 0 Å². The van der Waals surface area contributed by atoms with Crippen LogP contribution in [-0.4, -0.2) is 16.8 Å². The summed E-state index contributed by atoms with van der Waals surface area (Å²) in [6, 6.07) is 7.38. The number of rotatable bonds is 6. The van der Waals surface area contributed by atoms with E-state index in [1.807, 2.05) is 35.0 Å². The van der Waals surface area contributed by atoms with Gasteiger partial charge in [0, 0.05) is 16.2 Å². The van der Waals surface area contributed by atoms with Crippen LogP contribution in [0.1, 0.15) is 16.2 Å². The number of amides is 1. The van der Waals surface area contributed by atoms with Gasteiger partial charge in [-0.25, -0.2) is 0 Å². The van der Waals surface area contributed by atoms with E-state index in [0.29, 0.717) is 13.1 Å². The molecule has 0 fully saturated rings. The molecule has 0 radical (unpaired) electrons. The van der Waals surface area contributed by atoms with E-state index in [0.717, 1.165) is 9.75 Å². The number of thiophene rings is 2. The Hall–Kier alpha value is -1.61. The molecular formula is C15H16N2OS2. The third-order valence-electron chi connectivity index (χ3n) is 2.82. The highest BCUT2D eigenvalue weighted by atomic mass is 32.1. The average Bonchev–Trinajstić information content (AvgIpc) is 3.10. The van der Waals surface area contributed by atoms with Crippen LogP contribution >= 0.6 is 22.7 Å². The first-order valence-corrected chi connectivity index (χ1v) is 7.99. The molecule has 1 amide bonds. The molecule has 104 valence electrons. The van der Waals surface area contributed by atoms with E-state index in [1.54, 1.807) is 27.6 Å². The van der Waals surface area contributed by atoms with Gasteiger partial charge < -0.3 is 10.6 Å². The van der Waals surface area contributed by atoms with E-state index in [4.69, 9.17) is 12.2 Å². The first kappa shape index (κ1) is 14.8. The Labute approximate surface area is 127 Å². The Morgan fingerprint density at radius 1 is 1.25 bits per heavy atom. The smallest absolute Gasteiger partial charge is 0.241 e. The number of nitrogens with zero attached hydrogens (tertiary/aromatic N) is 1. The van der Waals surface area contributed by atoms with Crippen LogP contribution in [0, 0.1) is 12.3 Å². The lowest BCUT2D eigenvalue weighted by molar-refractivity contribution is -0.133. The molecule has 2 rings (SSSR count). The van der Waals surface area contributed by atoms with Gasteiger partial charge in [-0.15, -0.1) is 35.0 Å². The molecule has 0 saturated carbocycles. The minimum Gasteiger partial charge on any atom is -0.331 e. The number of carbonyl (C=O) groups is 1. The van der Waals surface area contributed by atoms with Crippen LogP contribution in [0.15, 0.2) is 35.0 Å². The van der Waals surface area contributed by atoms with Crippen LogP contribution < -0.4 is 5.73 Å². The lowest BCUT2D eigenvalue weighted by Gasteiger charge is -2.24. The SMILES string of the molecule is C#CCC(N)C(=O)N(Cc1cccs1)Cc1cccs1. The van der Waals surface area contributed by atoms with Crippen molar-refractivity contribution < 1.29 is 4.79 Å². The molecule has 0 aromatic carbocycles. The van der Waals surface area contributed by atoms with Crippen molar-refractivity contribution in [2.45, 2.75) is 25.6 Å². The Morgan fingerprint density at radius 2 is 1.80 bits per heavy atom. The van der Waals surface area contributed by atoms with Crippen LogP contribution in [0.3, 0.4) is 0 Å². The molecule has 0 spiro atoms. The van der Waals surface area contributed by atoms with Gasteiger partial charge >= 0.3 is 0 Å². The number of carbonyl (C=O) groups excluding carboxylic acids is 1. The Balaban J connectivity index is 2.10. The third-order valence-corrected chi connectivity index (χ3v) is 4.54. The van der Waals surface area contributed by atoms with Gasteiger partial charge in [-0.05, 0) is 22.9 Å². The molecule has 2 aromatic heterocycles. The lowest BCUT2D eigenvalue weighted by Crippen LogP contribution is -2.42. The fraction of sp³-hybridized carbons (Fsp3) is 0.267. The zero-order chi connectivity index (χ0) is 14.4. The molecule has 1 unspecified atom stereocenters. The monoisotopic (exact) mass is 304 g/mol. The third kappa shape index (κ3) is 3.94. The highest BCUT2D eigenvalue weighted by Crippen LogP contribution is 2.18. The van der Waals surface area contributed by atoms with Crippen molar-refractivity contribution in [1.82, 2.24) is 4.90 Å². The second-order valence-electron chi connectivity index (χ2n) is 4.37. The van der Waals surface area contributed by atoms with Crippen LogP contribution in [0.5, 0.6) is 0 Å². The van der Waals surface area contributed by atoms with Gasteiger partial charge in [0.05, 0.1) is 19.1 Å². The zero-order valence-corrected chi connectivity index (χ0v) is 12.6. The number of terminal acetylenes is 1. The van der Waals surface area contributed by atoms with Gasteiger partial charge in [-0.2, -0.15) is 0 Å². The Bertz CT molecular complexity index is 533. The van der Waals surface area contributed by atoms with Crippen LogP contribution in [0.2, 0.25) is 0 Å². The predicted molar refractivity (Wildman–Crippen MR) is 84.3 cm³/mol. The van der Waals surface area contributed by atoms with Crippen molar-refractivity contribution >= 4 is 28.6 Å². The minimum absolute atomic E-state index is 0.0928. The van der Waals surface area contributed by atoms with E-state index < -0.39 is 6.04 Å². The number of nitrogens with two attached hydrogens (primary N) is 1. The van der Waals surface area contributed by atoms with Crippen molar-refractivity contribution in [3.8, 4) is 12.3 Å². The molecule has 0 bridgehead atoms. The maximum atomic E-state index is 12.4. The normalized spacial score (nSPS) is 11.8. The summed E-state index contributed by atoms with van der Waals surface area (Å²) in [5.74, 6) is 2.36. The summed E-state index contributed by atoms with van der Waals surface area (Å²) in [7, 11) is 0. The molecule has 0 aliphatic heterocycles. The summed E-state index contributed by atoms with van der Waals surface area (Å²) in [5, 5.41) is 4.01. The van der Waals surface area contributed by atoms with E-state index >= 15 is 0 Å². The summed E-state index contributed by atoms with van der Waals surface area (Å²) >= 11 is 3.27. The molecule has 2 N–H and O–H groups in total. The number of hydrogen-bond acceptors (Lipinski definition) is 4. The van der Waals surface area contributed by atoms with Crippen molar-refractivity contribution in [2.75, 3.05) is 0 Å². The highest BCUT2D eigenvalue weighted by molar-refractivity contribution is 7.10. The minimum atomic E-state index is -0.625. The number of hydrogen-bond donors (Lipinski definition) is 1. The van der Waals surface area contributed by atoms with Gasteiger partial charge in [0.1, 0.15) is 0 Å². The van der Waals surface area contributed by atoms with Crippen LogP contribution in [0.4, 0.5) is 0 Å². The Kier molecular flexibility index (Phi) is 5.36. The van der Waals surface area contributed by atoms with Crippen LogP contribution in [-0.2, 0) is 17.9 Å². The molecule has 20 heavy (non-hydrogen) atoms. The molecule has 1 atom stereocenters. The summed E-state index contributed by atoms with van der Waals surface area (Å²) < 4.78 is 0. The first-order chi connectivity index (χ1) is 9.70. The average molecular weight is 304 g/mol. The van der Waals surface area contributed by atoms with Gasteiger partial charge in [0.25, 0.3) is 0 Å². The molecule has 0 aliphatic carbocycles. The highest BCUT2D eigenvalue weighted by Gasteiger charge is 2.21. The maximum absolute atomic E-state index is 12.4. The maximum Gasteiger partial charge on any atom is 0.241 e. The van der Waals surface area contributed by atoms with E-state index in [-0.39, 0.29) is 12.3 Å². The van der Waals surface area contributed by atoms with Gasteiger partial charge in [0.15, 0.2) is 0 Å². The molecule has 2 aromatic rings. The van der Waals surface area contributed by atoms with E-state index in [9.17, 15) is 4.79 Å². The fourth-order valence-corrected chi connectivity index (χ4v) is 3.28. The van der Waals surface area contributed by atoms with Gasteiger partial charge in [-0.3, -0.25) is 4.79 Å². The molecular weight excluding hydrogens is 288 g/mol. The quantitative estimate of drug-likeness (QED) is 0.834.